The number of nitrogens with zero attached hydrogens (tertiary/aromatic N) is 2. The molecule has 0 aliphatic heterocycles. The van der Waals surface area contributed by atoms with Crippen molar-refractivity contribution in [3.05, 3.63) is 28.7 Å². The van der Waals surface area contributed by atoms with Crippen LogP contribution in [0.25, 0.3) is 11.4 Å². The summed E-state index contributed by atoms with van der Waals surface area (Å²) >= 11 is 5.05. The predicted octanol–water partition coefficient (Wildman–Crippen LogP) is 3.70. The topological polar surface area (TPSA) is 58.6 Å². The predicted molar refractivity (Wildman–Crippen MR) is 80.2 cm³/mol. The number of aromatic amines is 1. The van der Waals surface area contributed by atoms with Gasteiger partial charge in [0.05, 0.1) is 0 Å². The molecular formula is C13H14BrN3OS. The van der Waals surface area contributed by atoms with E-state index in [9.17, 15) is 4.79 Å². The van der Waals surface area contributed by atoms with Gasteiger partial charge in [-0.2, -0.15) is 0 Å². The third-order valence-corrected chi connectivity index (χ3v) is 4.12. The normalized spacial score (nSPS) is 10.6. The Hall–Kier alpha value is -1.14. The average molecular weight is 340 g/mol. The van der Waals surface area contributed by atoms with Crippen molar-refractivity contribution < 1.29 is 4.79 Å². The lowest BCUT2D eigenvalue weighted by molar-refractivity contribution is -0.117. The Morgan fingerprint density at radius 1 is 1.42 bits per heavy atom. The van der Waals surface area contributed by atoms with Crippen LogP contribution in [-0.4, -0.2) is 26.7 Å². The maximum atomic E-state index is 10.8. The number of aromatic nitrogens is 3. The number of hydrogen-bond acceptors (Lipinski definition) is 4. The van der Waals surface area contributed by atoms with Gasteiger partial charge in [0.1, 0.15) is 5.78 Å². The van der Waals surface area contributed by atoms with Crippen LogP contribution >= 0.6 is 27.7 Å². The number of benzene rings is 1. The van der Waals surface area contributed by atoms with E-state index < -0.39 is 0 Å². The van der Waals surface area contributed by atoms with Gasteiger partial charge in [0.15, 0.2) is 5.82 Å². The highest BCUT2D eigenvalue weighted by molar-refractivity contribution is 9.10. The van der Waals surface area contributed by atoms with Gasteiger partial charge in [0.25, 0.3) is 0 Å². The van der Waals surface area contributed by atoms with Gasteiger partial charge in [0, 0.05) is 22.2 Å². The van der Waals surface area contributed by atoms with E-state index in [4.69, 9.17) is 0 Å². The van der Waals surface area contributed by atoms with E-state index in [2.05, 4.69) is 31.1 Å². The summed E-state index contributed by atoms with van der Waals surface area (Å²) in [6.45, 7) is 1.61. The Kier molecular flexibility index (Phi) is 5.15. The van der Waals surface area contributed by atoms with Crippen molar-refractivity contribution >= 4 is 33.5 Å². The molecule has 0 fully saturated rings. The molecule has 0 unspecified atom stereocenters. The molecule has 100 valence electrons. The molecule has 0 radical (unpaired) electrons. The van der Waals surface area contributed by atoms with Crippen LogP contribution in [0.3, 0.4) is 0 Å². The summed E-state index contributed by atoms with van der Waals surface area (Å²) < 4.78 is 0.985. The molecule has 1 aromatic carbocycles. The van der Waals surface area contributed by atoms with Crippen molar-refractivity contribution in [2.45, 2.75) is 24.9 Å². The quantitative estimate of drug-likeness (QED) is 0.644. The number of Topliss-reactive ketones (excluding diaryl/α,β-unsaturated/α-hetero) is 1. The van der Waals surface area contributed by atoms with Gasteiger partial charge in [0.2, 0.25) is 5.16 Å². The number of H-pyrrole nitrogens is 1. The first-order chi connectivity index (χ1) is 9.16. The van der Waals surface area contributed by atoms with Crippen LogP contribution in [-0.2, 0) is 4.79 Å². The van der Waals surface area contributed by atoms with Crippen LogP contribution in [0.4, 0.5) is 0 Å². The largest absolute Gasteiger partial charge is 0.300 e. The van der Waals surface area contributed by atoms with Gasteiger partial charge < -0.3 is 4.79 Å². The van der Waals surface area contributed by atoms with Crippen LogP contribution in [0.5, 0.6) is 0 Å². The van der Waals surface area contributed by atoms with Crippen LogP contribution < -0.4 is 0 Å². The zero-order valence-electron chi connectivity index (χ0n) is 10.5. The monoisotopic (exact) mass is 339 g/mol. The van der Waals surface area contributed by atoms with Crippen molar-refractivity contribution in [1.82, 2.24) is 15.2 Å². The summed E-state index contributed by atoms with van der Waals surface area (Å²) in [5.41, 5.74) is 0.991. The Morgan fingerprint density at radius 2 is 2.21 bits per heavy atom. The molecule has 0 atom stereocenters. The second-order valence-electron chi connectivity index (χ2n) is 4.10. The first-order valence-corrected chi connectivity index (χ1v) is 7.74. The van der Waals surface area contributed by atoms with E-state index in [0.29, 0.717) is 11.6 Å². The molecule has 4 nitrogen and oxygen atoms in total. The molecule has 0 saturated heterocycles. The molecule has 0 saturated carbocycles. The molecule has 1 heterocycles. The number of nitrogens with one attached hydrogen (secondary N) is 1. The van der Waals surface area contributed by atoms with E-state index in [1.165, 1.54) is 0 Å². The minimum Gasteiger partial charge on any atom is -0.300 e. The molecule has 1 aromatic heterocycles. The fraction of sp³-hybridized carbons (Fsp3) is 0.308. The Bertz CT molecular complexity index is 571. The van der Waals surface area contributed by atoms with Gasteiger partial charge in [-0.3, -0.25) is 5.10 Å². The lowest BCUT2D eigenvalue weighted by Gasteiger charge is -1.98. The summed E-state index contributed by atoms with van der Waals surface area (Å²) in [6.07, 6.45) is 1.48. The summed E-state index contributed by atoms with van der Waals surface area (Å²) in [5, 5.41) is 7.82. The standard InChI is InChI=1S/C13H14BrN3OS/c1-9(18)5-4-8-19-13-15-12(16-17-13)10-6-2-3-7-11(10)14/h2-3,6-7H,4-5,8H2,1H3,(H,15,16,17). The molecule has 0 spiro atoms. The first-order valence-electron chi connectivity index (χ1n) is 5.96. The third kappa shape index (κ3) is 4.18. The molecule has 0 aliphatic carbocycles. The Balaban J connectivity index is 1.96. The second kappa shape index (κ2) is 6.86. The van der Waals surface area contributed by atoms with Crippen molar-refractivity contribution in [1.29, 1.82) is 0 Å². The summed E-state index contributed by atoms with van der Waals surface area (Å²) in [6, 6.07) is 7.87. The maximum absolute atomic E-state index is 10.8. The fourth-order valence-electron chi connectivity index (χ4n) is 1.57. The van der Waals surface area contributed by atoms with Gasteiger partial charge >= 0.3 is 0 Å². The summed E-state index contributed by atoms with van der Waals surface area (Å²) in [5.74, 6) is 1.83. The summed E-state index contributed by atoms with van der Waals surface area (Å²) in [4.78, 5) is 15.3. The molecule has 0 amide bonds. The number of halogens is 1. The SMILES string of the molecule is CC(=O)CCCSc1n[nH]c(-c2ccccc2Br)n1. The number of ketones is 1. The molecule has 0 bridgehead atoms. The zero-order chi connectivity index (χ0) is 13.7. The molecule has 19 heavy (non-hydrogen) atoms. The third-order valence-electron chi connectivity index (χ3n) is 2.50. The van der Waals surface area contributed by atoms with E-state index in [0.717, 1.165) is 28.0 Å². The molecule has 2 aromatic rings. The highest BCUT2D eigenvalue weighted by Crippen LogP contribution is 2.26. The first kappa shape index (κ1) is 14.3. The van der Waals surface area contributed by atoms with E-state index in [1.807, 2.05) is 24.3 Å². The second-order valence-corrected chi connectivity index (χ2v) is 6.02. The highest BCUT2D eigenvalue weighted by Gasteiger charge is 2.08. The number of hydrogen-bond donors (Lipinski definition) is 1. The van der Waals surface area contributed by atoms with Gasteiger partial charge in [-0.25, -0.2) is 4.98 Å². The molecular weight excluding hydrogens is 326 g/mol. The average Bonchev–Trinajstić information content (AvgIpc) is 2.83. The van der Waals surface area contributed by atoms with Crippen molar-refractivity contribution in [3.8, 4) is 11.4 Å². The lowest BCUT2D eigenvalue weighted by Crippen LogP contribution is -1.91. The van der Waals surface area contributed by atoms with Crippen LogP contribution in [0.2, 0.25) is 0 Å². The van der Waals surface area contributed by atoms with Gasteiger partial charge in [-0.05, 0) is 19.4 Å². The van der Waals surface area contributed by atoms with E-state index in [1.54, 1.807) is 18.7 Å². The van der Waals surface area contributed by atoms with Crippen LogP contribution in [0, 0.1) is 0 Å². The number of thioether (sulfide) groups is 1. The smallest absolute Gasteiger partial charge is 0.208 e. The van der Waals surface area contributed by atoms with Crippen molar-refractivity contribution in [2.75, 3.05) is 5.75 Å². The molecule has 0 aliphatic rings. The maximum Gasteiger partial charge on any atom is 0.208 e. The van der Waals surface area contributed by atoms with Crippen LogP contribution in [0.1, 0.15) is 19.8 Å². The zero-order valence-corrected chi connectivity index (χ0v) is 12.9. The summed E-state index contributed by atoms with van der Waals surface area (Å²) in [7, 11) is 0. The Morgan fingerprint density at radius 3 is 2.95 bits per heavy atom. The van der Waals surface area contributed by atoms with E-state index in [-0.39, 0.29) is 5.78 Å². The minimum atomic E-state index is 0.226. The van der Waals surface area contributed by atoms with Crippen molar-refractivity contribution in [2.24, 2.45) is 0 Å². The minimum absolute atomic E-state index is 0.226. The van der Waals surface area contributed by atoms with Gasteiger partial charge in [-0.1, -0.05) is 45.9 Å². The number of carbonyl (C=O) groups is 1. The van der Waals surface area contributed by atoms with Crippen molar-refractivity contribution in [3.63, 3.8) is 0 Å². The highest BCUT2D eigenvalue weighted by atomic mass is 79.9. The fourth-order valence-corrected chi connectivity index (χ4v) is 2.78. The number of rotatable bonds is 6. The van der Waals surface area contributed by atoms with Crippen LogP contribution in [0.15, 0.2) is 33.9 Å². The number of carbonyl (C=O) groups excluding carboxylic acids is 1. The Labute approximate surface area is 124 Å². The molecule has 6 heteroatoms. The van der Waals surface area contributed by atoms with E-state index >= 15 is 0 Å². The molecule has 2 rings (SSSR count). The molecule has 1 N–H and O–H groups in total. The van der Waals surface area contributed by atoms with Gasteiger partial charge in [-0.15, -0.1) is 5.10 Å². The lowest BCUT2D eigenvalue weighted by atomic mass is 10.2.